The van der Waals surface area contributed by atoms with Crippen LogP contribution in [0.5, 0.6) is 0 Å². The standard InChI is InChI=1S/C20H30N6O/c21-8-7-14-9-15(25-20(22)24-14)18-17(12-3-4-12)23-10-16(11-1-2-11)26(18)19(27)13-5-6-13/h9,11-13,16-18,23H,1-8,10,21H2,(H2,22,24,25). The molecule has 3 saturated carbocycles. The van der Waals surface area contributed by atoms with Gasteiger partial charge in [-0.1, -0.05) is 0 Å². The number of nitrogen functional groups attached to an aromatic ring is 1. The third kappa shape index (κ3) is 3.43. The van der Waals surface area contributed by atoms with Gasteiger partial charge in [-0.15, -0.1) is 0 Å². The van der Waals surface area contributed by atoms with E-state index in [0.29, 0.717) is 30.7 Å². The molecule has 1 aliphatic heterocycles. The van der Waals surface area contributed by atoms with Gasteiger partial charge in [-0.25, -0.2) is 9.97 Å². The number of amides is 1. The van der Waals surface area contributed by atoms with Gasteiger partial charge in [-0.3, -0.25) is 4.79 Å². The van der Waals surface area contributed by atoms with E-state index in [1.807, 2.05) is 6.07 Å². The summed E-state index contributed by atoms with van der Waals surface area (Å²) in [4.78, 5) is 24.6. The second-order valence-electron chi connectivity index (χ2n) is 8.82. The van der Waals surface area contributed by atoms with E-state index in [1.165, 1.54) is 25.7 Å². The maximum atomic E-state index is 13.4. The number of rotatable bonds is 6. The Morgan fingerprint density at radius 3 is 2.52 bits per heavy atom. The van der Waals surface area contributed by atoms with Crippen molar-refractivity contribution in [2.75, 3.05) is 18.8 Å². The zero-order chi connectivity index (χ0) is 18.5. The molecule has 4 aliphatic rings. The summed E-state index contributed by atoms with van der Waals surface area (Å²) >= 11 is 0. The number of hydrogen-bond acceptors (Lipinski definition) is 6. The summed E-state index contributed by atoms with van der Waals surface area (Å²) in [7, 11) is 0. The molecule has 3 atom stereocenters. The van der Waals surface area contributed by atoms with Crippen molar-refractivity contribution in [1.82, 2.24) is 20.2 Å². The lowest BCUT2D eigenvalue weighted by Crippen LogP contribution is -2.61. The minimum absolute atomic E-state index is 0.0354. The molecule has 1 amide bonds. The predicted molar refractivity (Wildman–Crippen MR) is 103 cm³/mol. The second-order valence-corrected chi connectivity index (χ2v) is 8.82. The van der Waals surface area contributed by atoms with Crippen LogP contribution >= 0.6 is 0 Å². The Hall–Kier alpha value is -1.73. The summed E-state index contributed by atoms with van der Waals surface area (Å²) in [6, 6.07) is 2.55. The van der Waals surface area contributed by atoms with E-state index in [0.717, 1.165) is 30.8 Å². The highest BCUT2D eigenvalue weighted by Crippen LogP contribution is 2.48. The van der Waals surface area contributed by atoms with Crippen molar-refractivity contribution < 1.29 is 4.79 Å². The van der Waals surface area contributed by atoms with Gasteiger partial charge < -0.3 is 21.7 Å². The molecule has 5 rings (SSSR count). The van der Waals surface area contributed by atoms with Gasteiger partial charge in [-0.2, -0.15) is 0 Å². The fraction of sp³-hybridized carbons (Fsp3) is 0.750. The number of anilines is 1. The summed E-state index contributed by atoms with van der Waals surface area (Å²) in [5, 5.41) is 3.80. The maximum Gasteiger partial charge on any atom is 0.226 e. The van der Waals surface area contributed by atoms with E-state index in [9.17, 15) is 4.79 Å². The molecule has 0 bridgehead atoms. The van der Waals surface area contributed by atoms with E-state index in [2.05, 4.69) is 20.2 Å². The number of hydrogen-bond donors (Lipinski definition) is 3. The van der Waals surface area contributed by atoms with Crippen LogP contribution in [0.15, 0.2) is 6.07 Å². The molecule has 27 heavy (non-hydrogen) atoms. The molecule has 3 unspecified atom stereocenters. The van der Waals surface area contributed by atoms with Crippen LogP contribution < -0.4 is 16.8 Å². The molecule has 0 spiro atoms. The zero-order valence-corrected chi connectivity index (χ0v) is 15.8. The molecule has 7 nitrogen and oxygen atoms in total. The Morgan fingerprint density at radius 1 is 1.15 bits per heavy atom. The monoisotopic (exact) mass is 370 g/mol. The minimum Gasteiger partial charge on any atom is -0.368 e. The molecule has 0 aromatic carbocycles. The van der Waals surface area contributed by atoms with E-state index in [1.54, 1.807) is 0 Å². The smallest absolute Gasteiger partial charge is 0.226 e. The first-order valence-electron chi connectivity index (χ1n) is 10.5. The molecule has 1 saturated heterocycles. The first-order chi connectivity index (χ1) is 13.2. The Balaban J connectivity index is 1.55. The summed E-state index contributed by atoms with van der Waals surface area (Å²) in [6.07, 6.45) is 7.65. The summed E-state index contributed by atoms with van der Waals surface area (Å²) in [5.41, 5.74) is 13.6. The van der Waals surface area contributed by atoms with E-state index >= 15 is 0 Å². The van der Waals surface area contributed by atoms with E-state index in [-0.39, 0.29) is 30.0 Å². The van der Waals surface area contributed by atoms with Crippen molar-refractivity contribution in [3.63, 3.8) is 0 Å². The molecule has 2 heterocycles. The number of nitrogens with two attached hydrogens (primary N) is 2. The van der Waals surface area contributed by atoms with Crippen LogP contribution in [0, 0.1) is 17.8 Å². The topological polar surface area (TPSA) is 110 Å². The van der Waals surface area contributed by atoms with E-state index in [4.69, 9.17) is 11.5 Å². The molecule has 7 heteroatoms. The third-order valence-electron chi connectivity index (χ3n) is 6.56. The van der Waals surface area contributed by atoms with Crippen molar-refractivity contribution in [3.8, 4) is 0 Å². The Labute approximate surface area is 160 Å². The van der Waals surface area contributed by atoms with E-state index < -0.39 is 0 Å². The molecule has 3 aliphatic carbocycles. The molecular formula is C20H30N6O. The number of nitrogens with one attached hydrogen (secondary N) is 1. The highest BCUT2D eigenvalue weighted by molar-refractivity contribution is 5.82. The van der Waals surface area contributed by atoms with Crippen molar-refractivity contribution in [2.24, 2.45) is 23.5 Å². The Bertz CT molecular complexity index is 727. The maximum absolute atomic E-state index is 13.4. The first kappa shape index (κ1) is 17.4. The number of carbonyl (C=O) groups excluding carboxylic acids is 1. The lowest BCUT2D eigenvalue weighted by atomic mass is 9.90. The average Bonchev–Trinajstić information content (AvgIpc) is 3.49. The Kier molecular flexibility index (Phi) is 4.31. The number of nitrogens with zero attached hydrogens (tertiary/aromatic N) is 3. The fourth-order valence-corrected chi connectivity index (χ4v) is 4.74. The predicted octanol–water partition coefficient (Wildman–Crippen LogP) is 1.00. The van der Waals surface area contributed by atoms with Crippen LogP contribution in [0.1, 0.15) is 56.0 Å². The highest BCUT2D eigenvalue weighted by atomic mass is 16.2. The quantitative estimate of drug-likeness (QED) is 0.689. The molecule has 1 aromatic heterocycles. The minimum atomic E-state index is -0.0354. The molecule has 5 N–H and O–H groups in total. The number of carbonyl (C=O) groups is 1. The SMILES string of the molecule is NCCc1cc(C2C(C3CC3)NCC(C3CC3)N2C(=O)C2CC2)nc(N)n1. The summed E-state index contributed by atoms with van der Waals surface area (Å²) in [6.45, 7) is 1.44. The summed E-state index contributed by atoms with van der Waals surface area (Å²) < 4.78 is 0. The molecular weight excluding hydrogens is 340 g/mol. The zero-order valence-electron chi connectivity index (χ0n) is 15.8. The summed E-state index contributed by atoms with van der Waals surface area (Å²) in [5.74, 6) is 2.10. The van der Waals surface area contributed by atoms with Gasteiger partial charge >= 0.3 is 0 Å². The lowest BCUT2D eigenvalue weighted by molar-refractivity contribution is -0.142. The van der Waals surface area contributed by atoms with Gasteiger partial charge in [0.1, 0.15) is 0 Å². The fourth-order valence-electron chi connectivity index (χ4n) is 4.74. The highest BCUT2D eigenvalue weighted by Gasteiger charge is 2.52. The van der Waals surface area contributed by atoms with Gasteiger partial charge in [0.2, 0.25) is 11.9 Å². The van der Waals surface area contributed by atoms with Crippen LogP contribution in [0.3, 0.4) is 0 Å². The van der Waals surface area contributed by atoms with Gasteiger partial charge in [0, 0.05) is 36.7 Å². The van der Waals surface area contributed by atoms with Crippen molar-refractivity contribution in [1.29, 1.82) is 0 Å². The van der Waals surface area contributed by atoms with Crippen molar-refractivity contribution in [3.05, 3.63) is 17.5 Å². The van der Waals surface area contributed by atoms with Crippen LogP contribution in [0.25, 0.3) is 0 Å². The van der Waals surface area contributed by atoms with Crippen molar-refractivity contribution >= 4 is 11.9 Å². The van der Waals surface area contributed by atoms with Crippen LogP contribution in [0.2, 0.25) is 0 Å². The average molecular weight is 371 g/mol. The molecule has 1 aromatic rings. The van der Waals surface area contributed by atoms with Gasteiger partial charge in [0.05, 0.1) is 11.7 Å². The van der Waals surface area contributed by atoms with Gasteiger partial charge in [0.15, 0.2) is 0 Å². The molecule has 4 fully saturated rings. The molecule has 146 valence electrons. The van der Waals surface area contributed by atoms with Crippen LogP contribution in [-0.2, 0) is 11.2 Å². The number of piperazine rings is 1. The second kappa shape index (κ2) is 6.71. The Morgan fingerprint density at radius 2 is 1.89 bits per heavy atom. The normalized spacial score (nSPS) is 31.1. The van der Waals surface area contributed by atoms with Gasteiger partial charge in [0.25, 0.3) is 0 Å². The third-order valence-corrected chi connectivity index (χ3v) is 6.56. The lowest BCUT2D eigenvalue weighted by Gasteiger charge is -2.47. The largest absolute Gasteiger partial charge is 0.368 e. The molecule has 0 radical (unpaired) electrons. The first-order valence-corrected chi connectivity index (χ1v) is 10.5. The van der Waals surface area contributed by atoms with Crippen LogP contribution in [0.4, 0.5) is 5.95 Å². The van der Waals surface area contributed by atoms with Crippen molar-refractivity contribution in [2.45, 2.75) is 63.1 Å². The van der Waals surface area contributed by atoms with Crippen LogP contribution in [-0.4, -0.2) is 45.9 Å². The van der Waals surface area contributed by atoms with Gasteiger partial charge in [-0.05, 0) is 63.0 Å². The number of aromatic nitrogens is 2.